The number of ether oxygens (including phenoxy) is 2. The van der Waals surface area contributed by atoms with Crippen LogP contribution in [0.25, 0.3) is 0 Å². The molecule has 0 radical (unpaired) electrons. The van der Waals surface area contributed by atoms with E-state index < -0.39 is 23.0 Å². The second kappa shape index (κ2) is 9.55. The number of benzene rings is 1. The van der Waals surface area contributed by atoms with Crippen molar-refractivity contribution in [2.75, 3.05) is 52.9 Å². The molecular formula is C30H43F2N3O4. The Balaban J connectivity index is 1.37. The highest BCUT2D eigenvalue weighted by Crippen LogP contribution is 2.61. The lowest BCUT2D eigenvalue weighted by molar-refractivity contribution is -0.151. The maximum atomic E-state index is 14.1. The molecule has 1 aromatic carbocycles. The van der Waals surface area contributed by atoms with Gasteiger partial charge in [-0.2, -0.15) is 0 Å². The lowest BCUT2D eigenvalue weighted by Gasteiger charge is -2.57. The number of aryl methyl sites for hydroxylation is 2. The third-order valence-corrected chi connectivity index (χ3v) is 10.4. The van der Waals surface area contributed by atoms with Crippen LogP contribution in [0.3, 0.4) is 0 Å². The van der Waals surface area contributed by atoms with Crippen molar-refractivity contribution >= 4 is 5.91 Å². The molecule has 4 fully saturated rings. The maximum absolute atomic E-state index is 14.1. The second-order valence-corrected chi connectivity index (χ2v) is 12.9. The maximum Gasteiger partial charge on any atom is 0.260 e. The molecule has 1 N–H and O–H groups in total. The van der Waals surface area contributed by atoms with Crippen molar-refractivity contribution in [3.05, 3.63) is 22.8 Å². The highest BCUT2D eigenvalue weighted by molar-refractivity contribution is 5.78. The first-order valence-electron chi connectivity index (χ1n) is 14.7. The Kier molecular flexibility index (Phi) is 6.67. The molecule has 9 heteroatoms. The smallest absolute Gasteiger partial charge is 0.260 e. The molecular weight excluding hydrogens is 504 g/mol. The second-order valence-electron chi connectivity index (χ2n) is 12.9. The highest BCUT2D eigenvalue weighted by atomic mass is 19.3. The molecule has 39 heavy (non-hydrogen) atoms. The molecule has 3 saturated heterocycles. The predicted octanol–water partition coefficient (Wildman–Crippen LogP) is 3.51. The Morgan fingerprint density at radius 1 is 1.15 bits per heavy atom. The van der Waals surface area contributed by atoms with Crippen LogP contribution in [-0.4, -0.2) is 102 Å². The fraction of sp³-hybridized carbons (Fsp3) is 0.767. The topological polar surface area (TPSA) is 65.5 Å². The van der Waals surface area contributed by atoms with Gasteiger partial charge < -0.3 is 19.5 Å². The minimum Gasteiger partial charge on any atom is -0.493 e. The summed E-state index contributed by atoms with van der Waals surface area (Å²) in [4.78, 5) is 19.4. The molecule has 3 unspecified atom stereocenters. The van der Waals surface area contributed by atoms with Crippen LogP contribution in [-0.2, 0) is 10.2 Å². The molecule has 1 saturated carbocycles. The number of hydrogen-bond acceptors (Lipinski definition) is 6. The van der Waals surface area contributed by atoms with Crippen molar-refractivity contribution in [1.82, 2.24) is 14.7 Å². The molecule has 1 amide bonds. The Labute approximate surface area is 230 Å². The van der Waals surface area contributed by atoms with Crippen LogP contribution in [0, 0.1) is 19.8 Å². The highest BCUT2D eigenvalue weighted by Gasteiger charge is 2.68. The van der Waals surface area contributed by atoms with Crippen molar-refractivity contribution < 1.29 is 28.2 Å². The summed E-state index contributed by atoms with van der Waals surface area (Å²) in [6, 6.07) is 2.00. The summed E-state index contributed by atoms with van der Waals surface area (Å²) in [5, 5.41) is 12.9. The minimum atomic E-state index is -2.76. The molecule has 6 rings (SSSR count). The monoisotopic (exact) mass is 547 g/mol. The fourth-order valence-corrected chi connectivity index (χ4v) is 8.25. The van der Waals surface area contributed by atoms with Crippen LogP contribution >= 0.6 is 0 Å². The van der Waals surface area contributed by atoms with Crippen molar-refractivity contribution in [2.24, 2.45) is 5.92 Å². The van der Waals surface area contributed by atoms with Gasteiger partial charge in [-0.1, -0.05) is 6.07 Å². The van der Waals surface area contributed by atoms with Gasteiger partial charge in [-0.05, 0) is 83.0 Å². The summed E-state index contributed by atoms with van der Waals surface area (Å²) in [7, 11) is 1.64. The van der Waals surface area contributed by atoms with Gasteiger partial charge in [-0.15, -0.1) is 0 Å². The van der Waals surface area contributed by atoms with E-state index in [1.165, 1.54) is 12.8 Å². The van der Waals surface area contributed by atoms with Crippen molar-refractivity contribution in [2.45, 2.75) is 88.4 Å². The third kappa shape index (κ3) is 4.34. The van der Waals surface area contributed by atoms with Crippen molar-refractivity contribution in [3.8, 4) is 11.5 Å². The van der Waals surface area contributed by atoms with E-state index in [4.69, 9.17) is 9.47 Å². The Morgan fingerprint density at radius 3 is 2.62 bits per heavy atom. The molecule has 4 aliphatic heterocycles. The van der Waals surface area contributed by atoms with E-state index >= 15 is 0 Å². The number of likely N-dealkylation sites (tertiary alicyclic amines) is 3. The number of carbonyl (C=O) groups is 1. The number of rotatable bonds is 5. The average Bonchev–Trinajstić information content (AvgIpc) is 3.64. The molecule has 5 aliphatic rings. The Hall–Kier alpha value is -1.97. The predicted molar refractivity (Wildman–Crippen MR) is 144 cm³/mol. The van der Waals surface area contributed by atoms with Gasteiger partial charge in [0.2, 0.25) is 5.91 Å². The van der Waals surface area contributed by atoms with Gasteiger partial charge in [0.15, 0.2) is 11.5 Å². The number of halogens is 2. The van der Waals surface area contributed by atoms with Gasteiger partial charge in [0.1, 0.15) is 6.10 Å². The Bertz CT molecular complexity index is 1140. The zero-order valence-electron chi connectivity index (χ0n) is 23.8. The van der Waals surface area contributed by atoms with Gasteiger partial charge in [-0.3, -0.25) is 14.6 Å². The Morgan fingerprint density at radius 2 is 1.92 bits per heavy atom. The molecule has 1 aromatic rings. The molecule has 0 bridgehead atoms. The SMILES string of the molecule is COc1c(C)cc(C)c2c1O[C@H]1CN(C(=O)CN3CCCC(F)(F)C3)CCC3(O)C(C)N(CC4CC4)CCC213. The summed E-state index contributed by atoms with van der Waals surface area (Å²) >= 11 is 0. The van der Waals surface area contributed by atoms with Gasteiger partial charge in [-0.25, -0.2) is 8.78 Å². The normalized spacial score (nSPS) is 34.5. The molecule has 216 valence electrons. The zero-order valence-corrected chi connectivity index (χ0v) is 23.8. The van der Waals surface area contributed by atoms with E-state index in [2.05, 4.69) is 24.8 Å². The number of nitrogens with zero attached hydrogens (tertiary/aromatic N) is 3. The van der Waals surface area contributed by atoms with E-state index in [1.54, 1.807) is 16.9 Å². The van der Waals surface area contributed by atoms with Crippen molar-refractivity contribution in [3.63, 3.8) is 0 Å². The molecule has 4 atom stereocenters. The first-order valence-corrected chi connectivity index (χ1v) is 14.7. The molecule has 0 aromatic heterocycles. The average molecular weight is 548 g/mol. The number of alkyl halides is 2. The first kappa shape index (κ1) is 27.2. The molecule has 4 heterocycles. The van der Waals surface area contributed by atoms with Crippen molar-refractivity contribution in [1.29, 1.82) is 0 Å². The van der Waals surface area contributed by atoms with Crippen LogP contribution < -0.4 is 9.47 Å². The summed E-state index contributed by atoms with van der Waals surface area (Å²) < 4.78 is 40.7. The van der Waals surface area contributed by atoms with Crippen LogP contribution in [0.15, 0.2) is 6.07 Å². The summed E-state index contributed by atoms with van der Waals surface area (Å²) in [6.45, 7) is 8.82. The van der Waals surface area contributed by atoms with E-state index in [0.29, 0.717) is 49.9 Å². The van der Waals surface area contributed by atoms with E-state index in [0.717, 1.165) is 36.2 Å². The van der Waals surface area contributed by atoms with Crippen LogP contribution in [0.5, 0.6) is 11.5 Å². The number of hydrogen-bond donors (Lipinski definition) is 1. The summed E-state index contributed by atoms with van der Waals surface area (Å²) in [5.74, 6) is -0.863. The van der Waals surface area contributed by atoms with Crippen LogP contribution in [0.1, 0.15) is 62.1 Å². The first-order chi connectivity index (χ1) is 18.5. The number of piperidine rings is 2. The summed E-state index contributed by atoms with van der Waals surface area (Å²) in [6.07, 6.45) is 3.44. The largest absolute Gasteiger partial charge is 0.493 e. The number of amides is 1. The van der Waals surface area contributed by atoms with Crippen LogP contribution in [0.2, 0.25) is 0 Å². The zero-order chi connectivity index (χ0) is 27.7. The lowest BCUT2D eigenvalue weighted by atomic mass is 9.56. The number of aliphatic hydroxyl groups is 1. The van der Waals surface area contributed by atoms with E-state index in [-0.39, 0.29) is 31.5 Å². The molecule has 7 nitrogen and oxygen atoms in total. The minimum absolute atomic E-state index is 0.0362. The number of carbonyl (C=O) groups excluding carboxylic acids is 1. The molecule has 1 aliphatic carbocycles. The van der Waals surface area contributed by atoms with E-state index in [9.17, 15) is 18.7 Å². The number of fused-ring (bicyclic) bond motifs is 1. The van der Waals surface area contributed by atoms with Gasteiger partial charge in [0, 0.05) is 31.1 Å². The van der Waals surface area contributed by atoms with Gasteiger partial charge >= 0.3 is 0 Å². The third-order valence-electron chi connectivity index (χ3n) is 10.4. The standard InChI is InChI=1S/C30H43F2N3O4/c1-19-14-20(2)26(38-4)27-25(19)29-9-12-34(15-22-6-7-22)21(3)30(29,37)10-13-35(16-23(29)39-27)24(36)17-33-11-5-8-28(31,32)18-33/h14,21-23,37H,5-13,15-18H2,1-4H3/t21?,23-,29?,30?/m0/s1. The van der Waals surface area contributed by atoms with Crippen LogP contribution in [0.4, 0.5) is 8.78 Å². The van der Waals surface area contributed by atoms with Gasteiger partial charge in [0.25, 0.3) is 5.92 Å². The number of methoxy groups -OCH3 is 1. The fourth-order valence-electron chi connectivity index (χ4n) is 8.25. The van der Waals surface area contributed by atoms with Gasteiger partial charge in [0.05, 0.1) is 37.8 Å². The lowest BCUT2D eigenvalue weighted by Crippen LogP contribution is -2.70. The quantitative estimate of drug-likeness (QED) is 0.609. The van der Waals surface area contributed by atoms with E-state index in [1.807, 2.05) is 6.92 Å². The molecule has 1 spiro atoms. The summed E-state index contributed by atoms with van der Waals surface area (Å²) in [5.41, 5.74) is 1.24.